The third kappa shape index (κ3) is 4.45. The highest BCUT2D eigenvalue weighted by molar-refractivity contribution is 7.99. The molecule has 2 rings (SSSR count). The molecule has 110 valence electrons. The molecule has 1 aliphatic rings. The first-order valence-electron chi connectivity index (χ1n) is 6.28. The summed E-state index contributed by atoms with van der Waals surface area (Å²) in [5.41, 5.74) is 0.739. The molecule has 0 spiro atoms. The molecule has 1 unspecified atom stereocenters. The van der Waals surface area contributed by atoms with Crippen LogP contribution < -0.4 is 10.6 Å². The number of alkyl halides is 2. The summed E-state index contributed by atoms with van der Waals surface area (Å²) >= 11 is 13.6. The molecule has 4 nitrogen and oxygen atoms in total. The van der Waals surface area contributed by atoms with Gasteiger partial charge in [-0.3, -0.25) is 0 Å². The van der Waals surface area contributed by atoms with Gasteiger partial charge in [-0.25, -0.2) is 4.79 Å². The smallest absolute Gasteiger partial charge is 0.319 e. The molecule has 2 amide bonds. The summed E-state index contributed by atoms with van der Waals surface area (Å²) in [6.45, 7) is 0.142. The number of aliphatic hydroxyl groups excluding tert-OH is 1. The van der Waals surface area contributed by atoms with Gasteiger partial charge in [0.25, 0.3) is 0 Å². The number of hydrogen-bond acceptors (Lipinski definition) is 3. The molecule has 0 radical (unpaired) electrons. The lowest BCUT2D eigenvalue weighted by Crippen LogP contribution is -2.31. The Morgan fingerprint density at radius 2 is 2.15 bits per heavy atom. The molecule has 0 aliphatic heterocycles. The van der Waals surface area contributed by atoms with Crippen LogP contribution in [0.3, 0.4) is 0 Å². The van der Waals surface area contributed by atoms with E-state index in [4.69, 9.17) is 28.3 Å². The number of amides is 2. The minimum atomic E-state index is -0.576. The third-order valence-corrected chi connectivity index (χ3v) is 5.09. The van der Waals surface area contributed by atoms with Gasteiger partial charge in [0.1, 0.15) is 4.33 Å². The van der Waals surface area contributed by atoms with E-state index in [2.05, 4.69) is 10.6 Å². The Kier molecular flexibility index (Phi) is 5.43. The molecule has 1 aromatic rings. The third-order valence-electron chi connectivity index (χ3n) is 2.93. The normalized spacial score (nSPS) is 19.4. The van der Waals surface area contributed by atoms with Crippen molar-refractivity contribution >= 4 is 46.7 Å². The molecule has 0 heterocycles. The number of hydrogen-bond donors (Lipinski definition) is 3. The molecule has 3 N–H and O–H groups in total. The van der Waals surface area contributed by atoms with E-state index in [-0.39, 0.29) is 19.2 Å². The van der Waals surface area contributed by atoms with Gasteiger partial charge in [0.05, 0.1) is 12.3 Å². The highest BCUT2D eigenvalue weighted by Crippen LogP contribution is 2.55. The lowest BCUT2D eigenvalue weighted by molar-refractivity contribution is 0.244. The monoisotopic (exact) mass is 334 g/mol. The largest absolute Gasteiger partial charge is 0.395 e. The number of para-hydroxylation sites is 1. The zero-order chi connectivity index (χ0) is 14.6. The van der Waals surface area contributed by atoms with Gasteiger partial charge in [0.2, 0.25) is 0 Å². The average Bonchev–Trinajstić information content (AvgIpc) is 3.03. The SMILES string of the molecule is O=C(NCCO)Nc1ccccc1SCC1CC1(Cl)Cl. The summed E-state index contributed by atoms with van der Waals surface area (Å²) in [5, 5.41) is 14.0. The fourth-order valence-corrected chi connectivity index (χ4v) is 3.61. The number of urea groups is 1. The predicted octanol–water partition coefficient (Wildman–Crippen LogP) is 3.09. The minimum absolute atomic E-state index is 0.0843. The minimum Gasteiger partial charge on any atom is -0.395 e. The Balaban J connectivity index is 1.90. The van der Waals surface area contributed by atoms with Crippen LogP contribution in [0.2, 0.25) is 0 Å². The van der Waals surface area contributed by atoms with Gasteiger partial charge in [-0.05, 0) is 18.6 Å². The zero-order valence-electron chi connectivity index (χ0n) is 10.7. The van der Waals surface area contributed by atoms with Crippen LogP contribution in [0.5, 0.6) is 0 Å². The molecular weight excluding hydrogens is 319 g/mol. The number of halogens is 2. The van der Waals surface area contributed by atoms with Crippen molar-refractivity contribution in [2.45, 2.75) is 15.6 Å². The molecule has 1 atom stereocenters. The second-order valence-electron chi connectivity index (χ2n) is 4.57. The Hall–Kier alpha value is -0.620. The summed E-state index contributed by atoms with van der Waals surface area (Å²) in [6.07, 6.45) is 0.815. The van der Waals surface area contributed by atoms with Gasteiger partial charge >= 0.3 is 6.03 Å². The molecule has 0 saturated heterocycles. The van der Waals surface area contributed by atoms with E-state index in [1.54, 1.807) is 11.8 Å². The summed E-state index contributed by atoms with van der Waals surface area (Å²) in [7, 11) is 0. The van der Waals surface area contributed by atoms with Crippen molar-refractivity contribution < 1.29 is 9.90 Å². The Morgan fingerprint density at radius 1 is 1.45 bits per heavy atom. The van der Waals surface area contributed by atoms with Crippen molar-refractivity contribution in [2.75, 3.05) is 24.2 Å². The standard InChI is InChI=1S/C13H16Cl2N2O2S/c14-13(15)7-9(13)8-20-11-4-2-1-3-10(11)17-12(19)16-5-6-18/h1-4,9,18H,5-8H2,(H2,16,17,19). The lowest BCUT2D eigenvalue weighted by atomic mass is 10.3. The second-order valence-corrected chi connectivity index (χ2v) is 7.18. The van der Waals surface area contributed by atoms with Crippen LogP contribution in [0.25, 0.3) is 0 Å². The van der Waals surface area contributed by atoms with Crippen molar-refractivity contribution in [3.8, 4) is 0 Å². The highest BCUT2D eigenvalue weighted by Gasteiger charge is 2.51. The molecule has 0 bridgehead atoms. The molecule has 1 fully saturated rings. The maximum atomic E-state index is 11.6. The molecular formula is C13H16Cl2N2O2S. The molecule has 1 saturated carbocycles. The zero-order valence-corrected chi connectivity index (χ0v) is 13.1. The Labute approximate surface area is 132 Å². The topological polar surface area (TPSA) is 61.4 Å². The van der Waals surface area contributed by atoms with Gasteiger partial charge in [-0.1, -0.05) is 12.1 Å². The summed E-state index contributed by atoms with van der Waals surface area (Å²) in [5.74, 6) is 1.12. The number of nitrogens with one attached hydrogen (secondary N) is 2. The first-order valence-corrected chi connectivity index (χ1v) is 8.02. The maximum absolute atomic E-state index is 11.6. The van der Waals surface area contributed by atoms with E-state index in [0.717, 1.165) is 22.8 Å². The van der Waals surface area contributed by atoms with Crippen LogP contribution in [-0.4, -0.2) is 34.4 Å². The van der Waals surface area contributed by atoms with E-state index in [1.807, 2.05) is 24.3 Å². The molecule has 7 heteroatoms. The quantitative estimate of drug-likeness (QED) is 0.553. The summed E-state index contributed by atoms with van der Waals surface area (Å²) in [6, 6.07) is 7.22. The average molecular weight is 335 g/mol. The van der Waals surface area contributed by atoms with Crippen LogP contribution in [0.15, 0.2) is 29.2 Å². The molecule has 20 heavy (non-hydrogen) atoms. The summed E-state index contributed by atoms with van der Waals surface area (Å²) < 4.78 is -0.576. The highest BCUT2D eigenvalue weighted by atomic mass is 35.5. The van der Waals surface area contributed by atoms with Crippen LogP contribution in [0.4, 0.5) is 10.5 Å². The van der Waals surface area contributed by atoms with E-state index in [9.17, 15) is 4.79 Å². The van der Waals surface area contributed by atoms with Crippen molar-refractivity contribution in [1.82, 2.24) is 5.32 Å². The van der Waals surface area contributed by atoms with Gasteiger partial charge in [-0.15, -0.1) is 35.0 Å². The van der Waals surface area contributed by atoms with E-state index >= 15 is 0 Å². The van der Waals surface area contributed by atoms with Crippen molar-refractivity contribution in [1.29, 1.82) is 0 Å². The van der Waals surface area contributed by atoms with Crippen LogP contribution in [0.1, 0.15) is 6.42 Å². The van der Waals surface area contributed by atoms with E-state index in [0.29, 0.717) is 5.92 Å². The first kappa shape index (κ1) is 15.8. The maximum Gasteiger partial charge on any atom is 0.319 e. The van der Waals surface area contributed by atoms with Gasteiger partial charge < -0.3 is 15.7 Å². The Bertz CT molecular complexity index is 485. The molecule has 0 aromatic heterocycles. The van der Waals surface area contributed by atoms with Gasteiger partial charge in [-0.2, -0.15) is 0 Å². The first-order chi connectivity index (χ1) is 9.53. The lowest BCUT2D eigenvalue weighted by Gasteiger charge is -2.11. The van der Waals surface area contributed by atoms with Crippen molar-refractivity contribution in [3.63, 3.8) is 0 Å². The van der Waals surface area contributed by atoms with Crippen LogP contribution in [0, 0.1) is 5.92 Å². The number of benzene rings is 1. The number of thioether (sulfide) groups is 1. The van der Waals surface area contributed by atoms with Gasteiger partial charge in [0.15, 0.2) is 0 Å². The number of carbonyl (C=O) groups excluding carboxylic acids is 1. The Morgan fingerprint density at radius 3 is 2.80 bits per heavy atom. The fourth-order valence-electron chi connectivity index (χ4n) is 1.67. The predicted molar refractivity (Wildman–Crippen MR) is 83.8 cm³/mol. The van der Waals surface area contributed by atoms with Crippen molar-refractivity contribution in [2.24, 2.45) is 5.92 Å². The van der Waals surface area contributed by atoms with Crippen LogP contribution in [-0.2, 0) is 0 Å². The number of aliphatic hydroxyl groups is 1. The van der Waals surface area contributed by atoms with E-state index < -0.39 is 4.33 Å². The van der Waals surface area contributed by atoms with Crippen LogP contribution >= 0.6 is 35.0 Å². The second kappa shape index (κ2) is 6.89. The number of anilines is 1. The van der Waals surface area contributed by atoms with Crippen molar-refractivity contribution in [3.05, 3.63) is 24.3 Å². The molecule has 1 aliphatic carbocycles. The van der Waals surface area contributed by atoms with E-state index in [1.165, 1.54) is 0 Å². The number of carbonyl (C=O) groups is 1. The van der Waals surface area contributed by atoms with Gasteiger partial charge in [0, 0.05) is 23.1 Å². The molecule has 1 aromatic carbocycles. The number of rotatable bonds is 6. The fraction of sp³-hybridized carbons (Fsp3) is 0.462. The summed E-state index contributed by atoms with van der Waals surface area (Å²) in [4.78, 5) is 12.6.